The van der Waals surface area contributed by atoms with E-state index in [9.17, 15) is 18.0 Å². The van der Waals surface area contributed by atoms with Crippen LogP contribution in [0.25, 0.3) is 10.2 Å². The number of alkyl halides is 3. The molecule has 0 saturated heterocycles. The first kappa shape index (κ1) is 20.0. The number of hydrogen-bond acceptors (Lipinski definition) is 6. The average Bonchev–Trinajstić information content (AvgIpc) is 3.35. The summed E-state index contributed by atoms with van der Waals surface area (Å²) < 4.78 is 41.7. The van der Waals surface area contributed by atoms with E-state index in [1.54, 1.807) is 12.5 Å². The largest absolute Gasteiger partial charge is 0.433 e. The number of carbonyl (C=O) groups is 1. The van der Waals surface area contributed by atoms with E-state index in [0.717, 1.165) is 35.5 Å². The number of benzene rings is 1. The van der Waals surface area contributed by atoms with Gasteiger partial charge in [0, 0.05) is 25.1 Å². The Kier molecular flexibility index (Phi) is 5.20. The van der Waals surface area contributed by atoms with Gasteiger partial charge in [0.05, 0.1) is 16.5 Å². The average molecular weight is 432 g/mol. The zero-order chi connectivity index (χ0) is 21.3. The first-order valence-corrected chi connectivity index (χ1v) is 9.67. The number of aryl methyl sites for hydroxylation is 2. The Morgan fingerprint density at radius 2 is 2.03 bits per heavy atom. The summed E-state index contributed by atoms with van der Waals surface area (Å²) in [7, 11) is 0. The van der Waals surface area contributed by atoms with Crippen LogP contribution in [0.3, 0.4) is 0 Å². The summed E-state index contributed by atoms with van der Waals surface area (Å²) in [6.45, 7) is 0.749. The second kappa shape index (κ2) is 7.82. The maximum atomic E-state index is 13.0. The van der Waals surface area contributed by atoms with E-state index in [2.05, 4.69) is 19.9 Å². The number of rotatable bonds is 6. The lowest BCUT2D eigenvalue weighted by molar-refractivity contribution is -0.141. The van der Waals surface area contributed by atoms with Gasteiger partial charge in [0.25, 0.3) is 0 Å². The summed E-state index contributed by atoms with van der Waals surface area (Å²) in [4.78, 5) is 27.8. The van der Waals surface area contributed by atoms with E-state index < -0.39 is 23.7 Å². The summed E-state index contributed by atoms with van der Waals surface area (Å²) in [6, 6.07) is 6.41. The standard InChI is InChI=1S/C19H15F3N6OS/c20-19(21,22)14-3-5-25-17(27-14)15(16(23)29)18-26-12-2-1-11(9-13(12)30-18)4-7-28-8-6-24-10-28/h1-3,5-6,8-10,15H,4,7H2,(H2,23,29). The lowest BCUT2D eigenvalue weighted by Crippen LogP contribution is -2.25. The van der Waals surface area contributed by atoms with Crippen LogP contribution in [0.5, 0.6) is 0 Å². The quantitative estimate of drug-likeness (QED) is 0.505. The van der Waals surface area contributed by atoms with Crippen molar-refractivity contribution in [2.75, 3.05) is 0 Å². The number of imidazole rings is 1. The molecule has 0 aliphatic carbocycles. The van der Waals surface area contributed by atoms with Gasteiger partial charge in [-0.25, -0.2) is 19.9 Å². The van der Waals surface area contributed by atoms with Crippen molar-refractivity contribution < 1.29 is 18.0 Å². The summed E-state index contributed by atoms with van der Waals surface area (Å²) in [6.07, 6.45) is 2.37. The molecule has 3 heterocycles. The van der Waals surface area contributed by atoms with Crippen LogP contribution in [-0.2, 0) is 23.9 Å². The van der Waals surface area contributed by atoms with Gasteiger partial charge in [-0.1, -0.05) is 6.07 Å². The van der Waals surface area contributed by atoms with E-state index in [4.69, 9.17) is 5.73 Å². The van der Waals surface area contributed by atoms with E-state index >= 15 is 0 Å². The molecule has 1 aromatic carbocycles. The van der Waals surface area contributed by atoms with Gasteiger partial charge in [-0.2, -0.15) is 13.2 Å². The Labute approximate surface area is 172 Å². The molecule has 7 nitrogen and oxygen atoms in total. The fourth-order valence-electron chi connectivity index (χ4n) is 2.97. The smallest absolute Gasteiger partial charge is 0.369 e. The summed E-state index contributed by atoms with van der Waals surface area (Å²) in [5.41, 5.74) is 6.01. The fraction of sp³-hybridized carbons (Fsp3) is 0.211. The Morgan fingerprint density at radius 1 is 1.20 bits per heavy atom. The van der Waals surface area contributed by atoms with Crippen molar-refractivity contribution in [3.05, 3.63) is 71.3 Å². The molecule has 11 heteroatoms. The predicted molar refractivity (Wildman–Crippen MR) is 104 cm³/mol. The van der Waals surface area contributed by atoms with Crippen LogP contribution in [0.4, 0.5) is 13.2 Å². The molecule has 0 saturated carbocycles. The number of thiazole rings is 1. The molecular weight excluding hydrogens is 417 g/mol. The third-order valence-corrected chi connectivity index (χ3v) is 5.52. The van der Waals surface area contributed by atoms with Gasteiger partial charge >= 0.3 is 6.18 Å². The number of nitrogens with two attached hydrogens (primary N) is 1. The minimum absolute atomic E-state index is 0.253. The zero-order valence-electron chi connectivity index (χ0n) is 15.4. The molecule has 30 heavy (non-hydrogen) atoms. The molecule has 4 rings (SSSR count). The van der Waals surface area contributed by atoms with E-state index in [-0.39, 0.29) is 10.8 Å². The second-order valence-corrected chi connectivity index (χ2v) is 7.60. The molecule has 1 amide bonds. The van der Waals surface area contributed by atoms with Gasteiger partial charge in [-0.05, 0) is 30.2 Å². The minimum Gasteiger partial charge on any atom is -0.369 e. The van der Waals surface area contributed by atoms with Gasteiger partial charge in [-0.3, -0.25) is 4.79 Å². The molecule has 154 valence electrons. The van der Waals surface area contributed by atoms with Crippen LogP contribution in [0.15, 0.2) is 49.2 Å². The Hall–Kier alpha value is -3.34. The highest BCUT2D eigenvalue weighted by molar-refractivity contribution is 7.18. The van der Waals surface area contributed by atoms with Gasteiger partial charge in [0.15, 0.2) is 0 Å². The number of aromatic nitrogens is 5. The molecular formula is C19H15F3N6OS. The molecule has 0 aliphatic heterocycles. The van der Waals surface area contributed by atoms with Crippen LogP contribution in [0.2, 0.25) is 0 Å². The summed E-state index contributed by atoms with van der Waals surface area (Å²) in [5, 5.41) is 0.253. The minimum atomic E-state index is -4.66. The molecule has 0 spiro atoms. The fourth-order valence-corrected chi connectivity index (χ4v) is 4.11. The highest BCUT2D eigenvalue weighted by Crippen LogP contribution is 2.33. The molecule has 1 unspecified atom stereocenters. The Balaban J connectivity index is 1.65. The molecule has 0 bridgehead atoms. The monoisotopic (exact) mass is 432 g/mol. The zero-order valence-corrected chi connectivity index (χ0v) is 16.2. The van der Waals surface area contributed by atoms with E-state index in [0.29, 0.717) is 5.52 Å². The molecule has 1 atom stereocenters. The van der Waals surface area contributed by atoms with Crippen molar-refractivity contribution in [2.45, 2.75) is 25.1 Å². The molecule has 0 aliphatic rings. The number of primary amides is 1. The lowest BCUT2D eigenvalue weighted by Gasteiger charge is -2.11. The number of carbonyl (C=O) groups excluding carboxylic acids is 1. The maximum Gasteiger partial charge on any atom is 0.433 e. The first-order chi connectivity index (χ1) is 14.3. The van der Waals surface area contributed by atoms with Crippen molar-refractivity contribution >= 4 is 27.5 Å². The second-order valence-electron chi connectivity index (χ2n) is 6.54. The lowest BCUT2D eigenvalue weighted by atomic mass is 10.1. The van der Waals surface area contributed by atoms with Crippen LogP contribution >= 0.6 is 11.3 Å². The Bertz CT molecular complexity index is 1190. The molecule has 0 radical (unpaired) electrons. The van der Waals surface area contributed by atoms with Crippen molar-refractivity contribution in [3.63, 3.8) is 0 Å². The highest BCUT2D eigenvalue weighted by Gasteiger charge is 2.35. The van der Waals surface area contributed by atoms with Crippen LogP contribution < -0.4 is 5.73 Å². The number of hydrogen-bond donors (Lipinski definition) is 1. The van der Waals surface area contributed by atoms with Crippen LogP contribution in [-0.4, -0.2) is 30.4 Å². The normalized spacial score (nSPS) is 12.9. The SMILES string of the molecule is NC(=O)C(c1nccc(C(F)(F)F)n1)c1nc2ccc(CCn3ccnc3)cc2s1. The third-order valence-electron chi connectivity index (χ3n) is 4.44. The van der Waals surface area contributed by atoms with E-state index in [1.807, 2.05) is 29.0 Å². The molecule has 3 aromatic heterocycles. The highest BCUT2D eigenvalue weighted by atomic mass is 32.1. The third kappa shape index (κ3) is 4.15. The van der Waals surface area contributed by atoms with Crippen molar-refractivity contribution in [2.24, 2.45) is 5.73 Å². The summed E-state index contributed by atoms with van der Waals surface area (Å²) in [5.74, 6) is -2.45. The topological polar surface area (TPSA) is 99.6 Å². The molecule has 4 aromatic rings. The van der Waals surface area contributed by atoms with Crippen molar-refractivity contribution in [1.29, 1.82) is 0 Å². The molecule has 0 fully saturated rings. The van der Waals surface area contributed by atoms with Gasteiger partial charge in [-0.15, -0.1) is 11.3 Å². The maximum absolute atomic E-state index is 13.0. The van der Waals surface area contributed by atoms with Crippen molar-refractivity contribution in [1.82, 2.24) is 24.5 Å². The Morgan fingerprint density at radius 3 is 2.73 bits per heavy atom. The predicted octanol–water partition coefficient (Wildman–Crippen LogP) is 3.16. The first-order valence-electron chi connectivity index (χ1n) is 8.86. The number of nitrogens with zero attached hydrogens (tertiary/aromatic N) is 5. The van der Waals surface area contributed by atoms with Gasteiger partial charge < -0.3 is 10.3 Å². The van der Waals surface area contributed by atoms with Crippen LogP contribution in [0, 0.1) is 0 Å². The summed E-state index contributed by atoms with van der Waals surface area (Å²) >= 11 is 1.19. The number of amides is 1. The van der Waals surface area contributed by atoms with Crippen molar-refractivity contribution in [3.8, 4) is 0 Å². The van der Waals surface area contributed by atoms with Crippen LogP contribution in [0.1, 0.15) is 28.0 Å². The van der Waals surface area contributed by atoms with Gasteiger partial charge in [0.1, 0.15) is 22.4 Å². The number of fused-ring (bicyclic) bond motifs is 1. The van der Waals surface area contributed by atoms with E-state index in [1.165, 1.54) is 11.3 Å². The number of halogens is 3. The van der Waals surface area contributed by atoms with Gasteiger partial charge in [0.2, 0.25) is 5.91 Å². The molecule has 2 N–H and O–H groups in total.